The van der Waals surface area contributed by atoms with Gasteiger partial charge in [-0.2, -0.15) is 0 Å². The summed E-state index contributed by atoms with van der Waals surface area (Å²) in [6.45, 7) is 4.59. The molecule has 1 N–H and O–H groups in total. The van der Waals surface area contributed by atoms with Crippen LogP contribution in [0.15, 0.2) is 24.3 Å². The van der Waals surface area contributed by atoms with E-state index in [1.807, 2.05) is 42.7 Å². The predicted octanol–water partition coefficient (Wildman–Crippen LogP) is 2.86. The molecule has 0 fully saturated rings. The van der Waals surface area contributed by atoms with Crippen molar-refractivity contribution in [2.24, 2.45) is 0 Å². The number of amides is 1. The highest BCUT2D eigenvalue weighted by Gasteiger charge is 2.20. The predicted molar refractivity (Wildman–Crippen MR) is 77.3 cm³/mol. The van der Waals surface area contributed by atoms with Gasteiger partial charge in [0.25, 0.3) is 0 Å². The van der Waals surface area contributed by atoms with Crippen molar-refractivity contribution in [3.63, 3.8) is 0 Å². The van der Waals surface area contributed by atoms with Crippen molar-refractivity contribution in [2.45, 2.75) is 32.2 Å². The molecule has 2 rings (SSSR count). The van der Waals surface area contributed by atoms with Gasteiger partial charge in [-0.25, -0.2) is 4.98 Å². The maximum atomic E-state index is 12.1. The van der Waals surface area contributed by atoms with Crippen LogP contribution in [0.25, 0.3) is 11.0 Å². The Morgan fingerprint density at radius 2 is 2.21 bits per heavy atom. The Labute approximate surface area is 117 Å². The number of carbonyl (C=O) groups is 1. The van der Waals surface area contributed by atoms with Gasteiger partial charge in [-0.1, -0.05) is 19.1 Å². The summed E-state index contributed by atoms with van der Waals surface area (Å²) >= 11 is 5.94. The maximum Gasteiger partial charge on any atom is 0.242 e. The van der Waals surface area contributed by atoms with Gasteiger partial charge >= 0.3 is 0 Å². The van der Waals surface area contributed by atoms with Crippen molar-refractivity contribution >= 4 is 28.5 Å². The molecule has 0 radical (unpaired) electrons. The highest BCUT2D eigenvalue weighted by atomic mass is 35.5. The van der Waals surface area contributed by atoms with Gasteiger partial charge in [0.05, 0.1) is 16.9 Å². The topological polar surface area (TPSA) is 46.9 Å². The largest absolute Gasteiger partial charge is 0.354 e. The zero-order valence-electron chi connectivity index (χ0n) is 11.2. The van der Waals surface area contributed by atoms with E-state index >= 15 is 0 Å². The Balaban J connectivity index is 2.39. The third-order valence-corrected chi connectivity index (χ3v) is 3.34. The molecule has 5 heteroatoms. The molecule has 19 heavy (non-hydrogen) atoms. The Morgan fingerprint density at radius 1 is 1.47 bits per heavy atom. The molecule has 1 aromatic heterocycles. The average Bonchev–Trinajstić information content (AvgIpc) is 2.82. The van der Waals surface area contributed by atoms with Crippen LogP contribution in [0, 0.1) is 0 Å². The van der Waals surface area contributed by atoms with E-state index in [0.717, 1.165) is 23.3 Å². The summed E-state index contributed by atoms with van der Waals surface area (Å²) < 4.78 is 1.91. The molecule has 1 heterocycles. The molecule has 0 bridgehead atoms. The molecule has 0 aliphatic heterocycles. The van der Waals surface area contributed by atoms with Crippen molar-refractivity contribution in [3.05, 3.63) is 30.1 Å². The van der Waals surface area contributed by atoms with Crippen LogP contribution < -0.4 is 5.32 Å². The van der Waals surface area contributed by atoms with Gasteiger partial charge in [0, 0.05) is 6.54 Å². The second-order valence-electron chi connectivity index (χ2n) is 4.49. The van der Waals surface area contributed by atoms with Gasteiger partial charge in [-0.05, 0) is 25.5 Å². The first-order valence-corrected chi connectivity index (χ1v) is 7.02. The standard InChI is InChI=1S/C14H18ClN3O/c1-3-8-16-14(19)10(2)18-12-7-5-4-6-11(12)17-13(18)9-15/h4-7,10H,3,8-9H2,1-2H3,(H,16,19). The van der Waals surface area contributed by atoms with Crippen LogP contribution in [-0.2, 0) is 10.7 Å². The van der Waals surface area contributed by atoms with Crippen LogP contribution in [-0.4, -0.2) is 22.0 Å². The van der Waals surface area contributed by atoms with Crippen molar-refractivity contribution < 1.29 is 4.79 Å². The number of rotatable bonds is 5. The molecule has 1 unspecified atom stereocenters. The number of para-hydroxylation sites is 2. The lowest BCUT2D eigenvalue weighted by molar-refractivity contribution is -0.123. The molecule has 4 nitrogen and oxygen atoms in total. The van der Waals surface area contributed by atoms with E-state index in [4.69, 9.17) is 11.6 Å². The molecule has 2 aromatic rings. The third kappa shape index (κ3) is 2.73. The third-order valence-electron chi connectivity index (χ3n) is 3.10. The van der Waals surface area contributed by atoms with Crippen LogP contribution in [0.5, 0.6) is 0 Å². The van der Waals surface area contributed by atoms with E-state index in [9.17, 15) is 4.79 Å². The lowest BCUT2D eigenvalue weighted by Gasteiger charge is -2.16. The first-order chi connectivity index (χ1) is 9.19. The van der Waals surface area contributed by atoms with Gasteiger partial charge < -0.3 is 9.88 Å². The number of benzene rings is 1. The molecular formula is C14H18ClN3O. The molecule has 1 amide bonds. The minimum Gasteiger partial charge on any atom is -0.354 e. The monoisotopic (exact) mass is 279 g/mol. The highest BCUT2D eigenvalue weighted by molar-refractivity contribution is 6.16. The molecule has 1 atom stereocenters. The smallest absolute Gasteiger partial charge is 0.242 e. The SMILES string of the molecule is CCCNC(=O)C(C)n1c(CCl)nc2ccccc21. The Morgan fingerprint density at radius 3 is 2.89 bits per heavy atom. The van der Waals surface area contributed by atoms with E-state index in [1.54, 1.807) is 0 Å². The quantitative estimate of drug-likeness (QED) is 0.856. The van der Waals surface area contributed by atoms with E-state index in [-0.39, 0.29) is 11.9 Å². The lowest BCUT2D eigenvalue weighted by Crippen LogP contribution is -2.32. The number of fused-ring (bicyclic) bond motifs is 1. The summed E-state index contributed by atoms with van der Waals surface area (Å²) in [5.74, 6) is 1.01. The maximum absolute atomic E-state index is 12.1. The van der Waals surface area contributed by atoms with Crippen LogP contribution >= 0.6 is 11.6 Å². The van der Waals surface area contributed by atoms with Crippen LogP contribution in [0.1, 0.15) is 32.1 Å². The van der Waals surface area contributed by atoms with Crippen LogP contribution in [0.2, 0.25) is 0 Å². The van der Waals surface area contributed by atoms with Crippen LogP contribution in [0.4, 0.5) is 0 Å². The summed E-state index contributed by atoms with van der Waals surface area (Å²) in [5, 5.41) is 2.91. The van der Waals surface area contributed by atoms with Crippen molar-refractivity contribution in [1.82, 2.24) is 14.9 Å². The number of imidazole rings is 1. The number of hydrogen-bond acceptors (Lipinski definition) is 2. The Bertz CT molecular complexity index is 579. The normalized spacial score (nSPS) is 12.6. The fourth-order valence-corrected chi connectivity index (χ4v) is 2.32. The minimum absolute atomic E-state index is 0.00336. The highest BCUT2D eigenvalue weighted by Crippen LogP contribution is 2.22. The average molecular weight is 280 g/mol. The number of halogens is 1. The van der Waals surface area contributed by atoms with Crippen molar-refractivity contribution in [1.29, 1.82) is 0 Å². The second kappa shape index (κ2) is 6.06. The summed E-state index contributed by atoms with van der Waals surface area (Å²) in [5.41, 5.74) is 1.81. The first kappa shape index (κ1) is 13.9. The second-order valence-corrected chi connectivity index (χ2v) is 4.75. The number of alkyl halides is 1. The first-order valence-electron chi connectivity index (χ1n) is 6.48. The summed E-state index contributed by atoms with van der Waals surface area (Å²) in [7, 11) is 0. The molecule has 1 aromatic carbocycles. The van der Waals surface area contributed by atoms with E-state index in [2.05, 4.69) is 10.3 Å². The molecule has 0 aliphatic carbocycles. The molecule has 0 saturated carbocycles. The zero-order chi connectivity index (χ0) is 13.8. The molecular weight excluding hydrogens is 262 g/mol. The molecule has 102 valence electrons. The fourth-order valence-electron chi connectivity index (χ4n) is 2.13. The Hall–Kier alpha value is -1.55. The lowest BCUT2D eigenvalue weighted by atomic mass is 10.2. The van der Waals surface area contributed by atoms with Gasteiger partial charge in [-0.15, -0.1) is 11.6 Å². The van der Waals surface area contributed by atoms with E-state index in [1.165, 1.54) is 0 Å². The van der Waals surface area contributed by atoms with Crippen molar-refractivity contribution in [2.75, 3.05) is 6.54 Å². The number of aromatic nitrogens is 2. The minimum atomic E-state index is -0.312. The number of nitrogens with zero attached hydrogens (tertiary/aromatic N) is 2. The Kier molecular flexibility index (Phi) is 4.43. The molecule has 0 spiro atoms. The molecule has 0 aliphatic rings. The molecule has 0 saturated heterocycles. The van der Waals surface area contributed by atoms with Crippen molar-refractivity contribution in [3.8, 4) is 0 Å². The van der Waals surface area contributed by atoms with E-state index < -0.39 is 0 Å². The van der Waals surface area contributed by atoms with Gasteiger partial charge in [0.2, 0.25) is 5.91 Å². The number of carbonyl (C=O) groups excluding carboxylic acids is 1. The van der Waals surface area contributed by atoms with Gasteiger partial charge in [-0.3, -0.25) is 4.79 Å². The zero-order valence-corrected chi connectivity index (χ0v) is 11.9. The number of nitrogens with one attached hydrogen (secondary N) is 1. The van der Waals surface area contributed by atoms with Crippen LogP contribution in [0.3, 0.4) is 0 Å². The van der Waals surface area contributed by atoms with Gasteiger partial charge in [0.15, 0.2) is 0 Å². The van der Waals surface area contributed by atoms with E-state index in [0.29, 0.717) is 12.4 Å². The summed E-state index contributed by atoms with van der Waals surface area (Å²) in [6, 6.07) is 7.45. The number of hydrogen-bond donors (Lipinski definition) is 1. The fraction of sp³-hybridized carbons (Fsp3) is 0.429. The summed E-state index contributed by atoms with van der Waals surface area (Å²) in [4.78, 5) is 16.6. The van der Waals surface area contributed by atoms with Gasteiger partial charge in [0.1, 0.15) is 11.9 Å². The summed E-state index contributed by atoms with van der Waals surface area (Å²) in [6.07, 6.45) is 0.922.